The first kappa shape index (κ1) is 21.3. The SMILES string of the molecule is CCCCc1ccc(NC(=O)CN(c2cccc(Cl)c2C)S(C)(=O)=O)cc1. The van der Waals surface area contributed by atoms with Crippen molar-refractivity contribution in [3.63, 3.8) is 0 Å². The zero-order chi connectivity index (χ0) is 20.0. The van der Waals surface area contributed by atoms with Gasteiger partial charge in [0, 0.05) is 10.7 Å². The number of benzene rings is 2. The van der Waals surface area contributed by atoms with Crippen molar-refractivity contribution >= 4 is 38.9 Å². The van der Waals surface area contributed by atoms with Crippen LogP contribution in [0.25, 0.3) is 0 Å². The van der Waals surface area contributed by atoms with Gasteiger partial charge in [0.05, 0.1) is 11.9 Å². The second-order valence-corrected chi connectivity index (χ2v) is 8.82. The lowest BCUT2D eigenvalue weighted by Gasteiger charge is -2.24. The maximum absolute atomic E-state index is 12.4. The Balaban J connectivity index is 2.14. The van der Waals surface area contributed by atoms with E-state index in [0.29, 0.717) is 22.0 Å². The molecule has 1 N–H and O–H groups in total. The van der Waals surface area contributed by atoms with E-state index in [4.69, 9.17) is 11.6 Å². The third-order valence-corrected chi connectivity index (χ3v) is 5.79. The van der Waals surface area contributed by atoms with Crippen LogP contribution in [0, 0.1) is 6.92 Å². The minimum absolute atomic E-state index is 0.322. The average molecular weight is 409 g/mol. The van der Waals surface area contributed by atoms with Crippen molar-refractivity contribution in [2.24, 2.45) is 0 Å². The number of aryl methyl sites for hydroxylation is 1. The highest BCUT2D eigenvalue weighted by atomic mass is 35.5. The fourth-order valence-electron chi connectivity index (χ4n) is 2.71. The third kappa shape index (κ3) is 5.97. The van der Waals surface area contributed by atoms with Crippen molar-refractivity contribution in [2.45, 2.75) is 33.1 Å². The molecular formula is C20H25ClN2O3S. The zero-order valence-electron chi connectivity index (χ0n) is 15.8. The molecule has 2 rings (SSSR count). The summed E-state index contributed by atoms with van der Waals surface area (Å²) in [6.45, 7) is 3.55. The lowest BCUT2D eigenvalue weighted by Crippen LogP contribution is -2.37. The van der Waals surface area contributed by atoms with Crippen LogP contribution in [0.5, 0.6) is 0 Å². The maximum Gasteiger partial charge on any atom is 0.245 e. The van der Waals surface area contributed by atoms with Gasteiger partial charge in [0.2, 0.25) is 15.9 Å². The molecular weight excluding hydrogens is 384 g/mol. The van der Waals surface area contributed by atoms with Gasteiger partial charge in [0.1, 0.15) is 6.54 Å². The summed E-state index contributed by atoms with van der Waals surface area (Å²) in [6.07, 6.45) is 4.32. The topological polar surface area (TPSA) is 66.5 Å². The first-order valence-corrected chi connectivity index (χ1v) is 11.1. The molecule has 5 nitrogen and oxygen atoms in total. The molecule has 0 aliphatic carbocycles. The monoisotopic (exact) mass is 408 g/mol. The van der Waals surface area contributed by atoms with Crippen molar-refractivity contribution in [3.8, 4) is 0 Å². The Morgan fingerprint density at radius 3 is 2.41 bits per heavy atom. The predicted molar refractivity (Wildman–Crippen MR) is 112 cm³/mol. The fourth-order valence-corrected chi connectivity index (χ4v) is 3.79. The number of halogens is 1. The number of rotatable bonds is 8. The summed E-state index contributed by atoms with van der Waals surface area (Å²) in [5, 5.41) is 3.20. The van der Waals surface area contributed by atoms with Gasteiger partial charge >= 0.3 is 0 Å². The number of nitrogens with one attached hydrogen (secondary N) is 1. The summed E-state index contributed by atoms with van der Waals surface area (Å²) in [7, 11) is -3.65. The largest absolute Gasteiger partial charge is 0.325 e. The normalized spacial score (nSPS) is 11.3. The molecule has 0 saturated heterocycles. The van der Waals surface area contributed by atoms with E-state index in [2.05, 4.69) is 12.2 Å². The van der Waals surface area contributed by atoms with E-state index >= 15 is 0 Å². The molecule has 0 bridgehead atoms. The predicted octanol–water partition coefficient (Wildman–Crippen LogP) is 4.40. The summed E-state index contributed by atoms with van der Waals surface area (Å²) < 4.78 is 25.5. The average Bonchev–Trinajstić information content (AvgIpc) is 2.61. The van der Waals surface area contributed by atoms with Gasteiger partial charge in [-0.1, -0.05) is 43.1 Å². The van der Waals surface area contributed by atoms with Crippen molar-refractivity contribution in [2.75, 3.05) is 22.4 Å². The number of amides is 1. The molecule has 1 amide bonds. The summed E-state index contributed by atoms with van der Waals surface area (Å²) in [5.74, 6) is -0.416. The highest BCUT2D eigenvalue weighted by Gasteiger charge is 2.23. The van der Waals surface area contributed by atoms with E-state index in [9.17, 15) is 13.2 Å². The van der Waals surface area contributed by atoms with Crippen molar-refractivity contribution in [3.05, 3.63) is 58.6 Å². The standard InChI is InChI=1S/C20H25ClN2O3S/c1-4-5-7-16-10-12-17(13-11-16)22-20(24)14-23(27(3,25)26)19-9-6-8-18(21)15(19)2/h6,8-13H,4-5,7,14H2,1-3H3,(H,22,24). The number of carbonyl (C=O) groups is 1. The highest BCUT2D eigenvalue weighted by Crippen LogP contribution is 2.28. The van der Waals surface area contributed by atoms with Crippen LogP contribution < -0.4 is 9.62 Å². The van der Waals surface area contributed by atoms with Gasteiger partial charge in [-0.15, -0.1) is 0 Å². The molecule has 0 fully saturated rings. The Hall–Kier alpha value is -2.05. The molecule has 7 heteroatoms. The third-order valence-electron chi connectivity index (χ3n) is 4.25. The number of unbranched alkanes of at least 4 members (excludes halogenated alkanes) is 1. The van der Waals surface area contributed by atoms with Gasteiger partial charge in [-0.25, -0.2) is 8.42 Å². The van der Waals surface area contributed by atoms with Gasteiger partial charge < -0.3 is 5.32 Å². The zero-order valence-corrected chi connectivity index (χ0v) is 17.4. The van der Waals surface area contributed by atoms with Crippen LogP contribution >= 0.6 is 11.6 Å². The minimum Gasteiger partial charge on any atom is -0.325 e. The minimum atomic E-state index is -3.65. The molecule has 0 atom stereocenters. The molecule has 0 radical (unpaired) electrons. The molecule has 0 spiro atoms. The number of sulfonamides is 1. The van der Waals surface area contributed by atoms with Crippen LogP contribution in [0.1, 0.15) is 30.9 Å². The van der Waals surface area contributed by atoms with Gasteiger partial charge in [-0.2, -0.15) is 0 Å². The van der Waals surface area contributed by atoms with Crippen LogP contribution in [0.4, 0.5) is 11.4 Å². The number of carbonyl (C=O) groups excluding carboxylic acids is 1. The van der Waals surface area contributed by atoms with E-state index in [1.165, 1.54) is 5.56 Å². The maximum atomic E-state index is 12.4. The Morgan fingerprint density at radius 2 is 1.81 bits per heavy atom. The summed E-state index contributed by atoms with van der Waals surface area (Å²) in [5.41, 5.74) is 2.85. The number of hydrogen-bond acceptors (Lipinski definition) is 3. The number of hydrogen-bond donors (Lipinski definition) is 1. The molecule has 2 aromatic rings. The molecule has 27 heavy (non-hydrogen) atoms. The summed E-state index contributed by atoms with van der Waals surface area (Å²) in [4.78, 5) is 12.4. The van der Waals surface area contributed by atoms with E-state index < -0.39 is 15.9 Å². The van der Waals surface area contributed by atoms with Crippen LogP contribution in [0.2, 0.25) is 5.02 Å². The van der Waals surface area contributed by atoms with Crippen LogP contribution in [-0.4, -0.2) is 27.1 Å². The Bertz CT molecular complexity index is 896. The van der Waals surface area contributed by atoms with E-state index in [1.54, 1.807) is 25.1 Å². The smallest absolute Gasteiger partial charge is 0.245 e. The van der Waals surface area contributed by atoms with Gasteiger partial charge in [-0.3, -0.25) is 9.10 Å². The van der Waals surface area contributed by atoms with E-state index in [1.807, 2.05) is 24.3 Å². The van der Waals surface area contributed by atoms with E-state index in [-0.39, 0.29) is 6.54 Å². The quantitative estimate of drug-likeness (QED) is 0.704. The highest BCUT2D eigenvalue weighted by molar-refractivity contribution is 7.92. The van der Waals surface area contributed by atoms with Crippen LogP contribution in [0.3, 0.4) is 0 Å². The van der Waals surface area contributed by atoms with Gasteiger partial charge in [0.25, 0.3) is 0 Å². The molecule has 0 saturated carbocycles. The second-order valence-electron chi connectivity index (χ2n) is 6.50. The Kier molecular flexibility index (Phi) is 7.27. The first-order valence-electron chi connectivity index (χ1n) is 8.84. The van der Waals surface area contributed by atoms with Crippen molar-refractivity contribution < 1.29 is 13.2 Å². The number of anilines is 2. The Labute approximate surface area is 166 Å². The summed E-state index contributed by atoms with van der Waals surface area (Å²) in [6, 6.07) is 12.6. The van der Waals surface area contributed by atoms with Crippen LogP contribution in [-0.2, 0) is 21.2 Å². The second kappa shape index (κ2) is 9.24. The molecule has 2 aromatic carbocycles. The van der Waals surface area contributed by atoms with Crippen molar-refractivity contribution in [1.29, 1.82) is 0 Å². The summed E-state index contributed by atoms with van der Waals surface area (Å²) >= 11 is 6.10. The fraction of sp³-hybridized carbons (Fsp3) is 0.350. The van der Waals surface area contributed by atoms with E-state index in [0.717, 1.165) is 29.8 Å². The molecule has 146 valence electrons. The van der Waals surface area contributed by atoms with Crippen molar-refractivity contribution in [1.82, 2.24) is 0 Å². The molecule has 0 aromatic heterocycles. The van der Waals surface area contributed by atoms with Crippen LogP contribution in [0.15, 0.2) is 42.5 Å². The van der Waals surface area contributed by atoms with Gasteiger partial charge in [0.15, 0.2) is 0 Å². The molecule has 0 heterocycles. The lowest BCUT2D eigenvalue weighted by atomic mass is 10.1. The molecule has 0 aliphatic rings. The first-order chi connectivity index (χ1) is 12.7. The lowest BCUT2D eigenvalue weighted by molar-refractivity contribution is -0.114. The van der Waals surface area contributed by atoms with Gasteiger partial charge in [-0.05, 0) is 55.2 Å². The molecule has 0 unspecified atom stereocenters. The number of nitrogens with zero attached hydrogens (tertiary/aromatic N) is 1. The Morgan fingerprint density at radius 1 is 1.15 bits per heavy atom. The molecule has 0 aliphatic heterocycles.